The van der Waals surface area contributed by atoms with Crippen LogP contribution in [0.3, 0.4) is 0 Å². The molecule has 2 rings (SSSR count). The van der Waals surface area contributed by atoms with Crippen LogP contribution in [0.1, 0.15) is 11.1 Å². The van der Waals surface area contributed by atoms with Crippen molar-refractivity contribution >= 4 is 17.7 Å². The van der Waals surface area contributed by atoms with Crippen LogP contribution in [0.25, 0.3) is 0 Å². The highest BCUT2D eigenvalue weighted by Crippen LogP contribution is 2.10. The Morgan fingerprint density at radius 1 is 1.05 bits per heavy atom. The second-order valence-corrected chi connectivity index (χ2v) is 4.48. The lowest BCUT2D eigenvalue weighted by Gasteiger charge is -2.07. The van der Waals surface area contributed by atoms with Gasteiger partial charge in [0.25, 0.3) is 0 Å². The highest BCUT2D eigenvalue weighted by molar-refractivity contribution is 6.30. The molecule has 0 aliphatic heterocycles. The van der Waals surface area contributed by atoms with Crippen LogP contribution in [0.4, 0.5) is 4.79 Å². The van der Waals surface area contributed by atoms with E-state index >= 15 is 0 Å². The first kappa shape index (κ1) is 13.4. The SMILES string of the molecule is O=C(NCc1cccc(Cl)c1)OCc1ccccc1. The summed E-state index contributed by atoms with van der Waals surface area (Å²) in [6, 6.07) is 16.9. The summed E-state index contributed by atoms with van der Waals surface area (Å²) in [5.74, 6) is 0. The van der Waals surface area contributed by atoms with Gasteiger partial charge in [0, 0.05) is 11.6 Å². The highest BCUT2D eigenvalue weighted by Gasteiger charge is 2.02. The molecule has 2 aromatic rings. The van der Waals surface area contributed by atoms with Crippen LogP contribution in [0, 0.1) is 0 Å². The molecule has 1 amide bonds. The Morgan fingerprint density at radius 3 is 2.53 bits per heavy atom. The molecule has 0 aliphatic carbocycles. The van der Waals surface area contributed by atoms with E-state index in [1.807, 2.05) is 42.5 Å². The number of hydrogen-bond donors (Lipinski definition) is 1. The predicted molar refractivity (Wildman–Crippen MR) is 74.9 cm³/mol. The molecule has 2 aromatic carbocycles. The van der Waals surface area contributed by atoms with E-state index in [4.69, 9.17) is 16.3 Å². The standard InChI is InChI=1S/C15H14ClNO2/c16-14-8-4-7-13(9-14)10-17-15(18)19-11-12-5-2-1-3-6-12/h1-9H,10-11H2,(H,17,18). The maximum absolute atomic E-state index is 11.5. The van der Waals surface area contributed by atoms with Gasteiger partial charge in [-0.1, -0.05) is 54.1 Å². The number of halogens is 1. The molecule has 0 spiro atoms. The first-order valence-electron chi connectivity index (χ1n) is 5.93. The fourth-order valence-electron chi connectivity index (χ4n) is 1.60. The highest BCUT2D eigenvalue weighted by atomic mass is 35.5. The van der Waals surface area contributed by atoms with E-state index in [9.17, 15) is 4.79 Å². The van der Waals surface area contributed by atoms with Gasteiger partial charge >= 0.3 is 6.09 Å². The van der Waals surface area contributed by atoms with Crippen LogP contribution in [0.2, 0.25) is 5.02 Å². The molecule has 4 heteroatoms. The molecule has 0 saturated heterocycles. The molecule has 0 saturated carbocycles. The maximum atomic E-state index is 11.5. The molecule has 0 unspecified atom stereocenters. The molecule has 0 radical (unpaired) electrons. The number of ether oxygens (including phenoxy) is 1. The van der Waals surface area contributed by atoms with Crippen molar-refractivity contribution in [2.75, 3.05) is 0 Å². The van der Waals surface area contributed by atoms with Crippen molar-refractivity contribution in [1.82, 2.24) is 5.32 Å². The number of alkyl carbamates (subject to hydrolysis) is 1. The monoisotopic (exact) mass is 275 g/mol. The Labute approximate surface area is 117 Å². The van der Waals surface area contributed by atoms with E-state index in [1.54, 1.807) is 12.1 Å². The molecule has 0 aromatic heterocycles. The van der Waals surface area contributed by atoms with E-state index < -0.39 is 6.09 Å². The fraction of sp³-hybridized carbons (Fsp3) is 0.133. The van der Waals surface area contributed by atoms with Crippen molar-refractivity contribution in [3.05, 3.63) is 70.7 Å². The largest absolute Gasteiger partial charge is 0.445 e. The summed E-state index contributed by atoms with van der Waals surface area (Å²) in [6.07, 6.45) is -0.441. The molecule has 19 heavy (non-hydrogen) atoms. The molecule has 0 atom stereocenters. The van der Waals surface area contributed by atoms with Crippen LogP contribution >= 0.6 is 11.6 Å². The number of benzene rings is 2. The Balaban J connectivity index is 1.76. The average Bonchev–Trinajstić information content (AvgIpc) is 2.44. The number of amides is 1. The summed E-state index contributed by atoms with van der Waals surface area (Å²) in [7, 11) is 0. The molecule has 3 nitrogen and oxygen atoms in total. The van der Waals surface area contributed by atoms with Crippen molar-refractivity contribution in [1.29, 1.82) is 0 Å². The quantitative estimate of drug-likeness (QED) is 0.922. The molecule has 1 N–H and O–H groups in total. The van der Waals surface area contributed by atoms with Crippen molar-refractivity contribution in [3.63, 3.8) is 0 Å². The van der Waals surface area contributed by atoms with Gasteiger partial charge in [0.15, 0.2) is 0 Å². The zero-order valence-electron chi connectivity index (χ0n) is 10.3. The molecular formula is C15H14ClNO2. The Bertz CT molecular complexity index is 543. The summed E-state index contributed by atoms with van der Waals surface area (Å²) < 4.78 is 5.10. The summed E-state index contributed by atoms with van der Waals surface area (Å²) in [4.78, 5) is 11.5. The number of nitrogens with one attached hydrogen (secondary N) is 1. The normalized spacial score (nSPS) is 9.95. The third-order valence-electron chi connectivity index (χ3n) is 2.54. The second kappa shape index (κ2) is 6.81. The Kier molecular flexibility index (Phi) is 4.81. The minimum absolute atomic E-state index is 0.266. The van der Waals surface area contributed by atoms with Crippen LogP contribution in [0.5, 0.6) is 0 Å². The number of rotatable bonds is 4. The van der Waals surface area contributed by atoms with Gasteiger partial charge in [0.2, 0.25) is 0 Å². The van der Waals surface area contributed by atoms with E-state index in [2.05, 4.69) is 5.32 Å². The second-order valence-electron chi connectivity index (χ2n) is 4.05. The third-order valence-corrected chi connectivity index (χ3v) is 2.77. The van der Waals surface area contributed by atoms with Gasteiger partial charge in [-0.25, -0.2) is 4.79 Å². The third kappa shape index (κ3) is 4.64. The smallest absolute Gasteiger partial charge is 0.407 e. The molecule has 98 valence electrons. The molecule has 0 heterocycles. The lowest BCUT2D eigenvalue weighted by Crippen LogP contribution is -2.23. The number of carbonyl (C=O) groups is 1. The molecule has 0 fully saturated rings. The Hall–Kier alpha value is -2.00. The average molecular weight is 276 g/mol. The van der Waals surface area contributed by atoms with Gasteiger partial charge in [0.05, 0.1) is 0 Å². The lowest BCUT2D eigenvalue weighted by atomic mass is 10.2. The first-order chi connectivity index (χ1) is 9.24. The summed E-state index contributed by atoms with van der Waals surface area (Å²) in [5, 5.41) is 3.33. The van der Waals surface area contributed by atoms with Crippen molar-refractivity contribution in [2.45, 2.75) is 13.2 Å². The summed E-state index contributed by atoms with van der Waals surface area (Å²) >= 11 is 5.86. The van der Waals surface area contributed by atoms with Crippen LogP contribution in [-0.4, -0.2) is 6.09 Å². The van der Waals surface area contributed by atoms with E-state index in [-0.39, 0.29) is 6.61 Å². The van der Waals surface area contributed by atoms with E-state index in [0.29, 0.717) is 11.6 Å². The van der Waals surface area contributed by atoms with E-state index in [1.165, 1.54) is 0 Å². The fourth-order valence-corrected chi connectivity index (χ4v) is 1.81. The van der Waals surface area contributed by atoms with Crippen LogP contribution in [-0.2, 0) is 17.9 Å². The summed E-state index contributed by atoms with van der Waals surface area (Å²) in [6.45, 7) is 0.663. The summed E-state index contributed by atoms with van der Waals surface area (Å²) in [5.41, 5.74) is 1.89. The Morgan fingerprint density at radius 2 is 1.79 bits per heavy atom. The minimum Gasteiger partial charge on any atom is -0.445 e. The van der Waals surface area contributed by atoms with Gasteiger partial charge in [-0.3, -0.25) is 0 Å². The minimum atomic E-state index is -0.441. The van der Waals surface area contributed by atoms with Crippen molar-refractivity contribution in [2.24, 2.45) is 0 Å². The maximum Gasteiger partial charge on any atom is 0.407 e. The topological polar surface area (TPSA) is 38.3 Å². The zero-order chi connectivity index (χ0) is 13.5. The lowest BCUT2D eigenvalue weighted by molar-refractivity contribution is 0.139. The van der Waals surface area contributed by atoms with Crippen molar-refractivity contribution in [3.8, 4) is 0 Å². The molecule has 0 aliphatic rings. The first-order valence-corrected chi connectivity index (χ1v) is 6.31. The predicted octanol–water partition coefficient (Wildman–Crippen LogP) is 3.77. The number of carbonyl (C=O) groups excluding carboxylic acids is 1. The van der Waals surface area contributed by atoms with E-state index in [0.717, 1.165) is 11.1 Å². The van der Waals surface area contributed by atoms with Crippen LogP contribution in [0.15, 0.2) is 54.6 Å². The van der Waals surface area contributed by atoms with Crippen LogP contribution < -0.4 is 5.32 Å². The van der Waals surface area contributed by atoms with Gasteiger partial charge < -0.3 is 10.1 Å². The van der Waals surface area contributed by atoms with Gasteiger partial charge in [-0.05, 0) is 23.3 Å². The van der Waals surface area contributed by atoms with Crippen molar-refractivity contribution < 1.29 is 9.53 Å². The van der Waals surface area contributed by atoms with Gasteiger partial charge in [-0.15, -0.1) is 0 Å². The molecule has 0 bridgehead atoms. The van der Waals surface area contributed by atoms with Gasteiger partial charge in [0.1, 0.15) is 6.61 Å². The number of hydrogen-bond acceptors (Lipinski definition) is 2. The molecular weight excluding hydrogens is 262 g/mol. The zero-order valence-corrected chi connectivity index (χ0v) is 11.1. The van der Waals surface area contributed by atoms with Gasteiger partial charge in [-0.2, -0.15) is 0 Å².